The van der Waals surface area contributed by atoms with Crippen LogP contribution in [-0.2, 0) is 9.59 Å². The molecule has 2 amide bonds. The monoisotopic (exact) mass is 415 g/mol. The van der Waals surface area contributed by atoms with E-state index in [1.165, 1.54) is 4.90 Å². The zero-order valence-electron chi connectivity index (χ0n) is 17.0. The van der Waals surface area contributed by atoms with E-state index in [0.717, 1.165) is 28.2 Å². The van der Waals surface area contributed by atoms with Crippen LogP contribution < -0.4 is 10.2 Å². The summed E-state index contributed by atoms with van der Waals surface area (Å²) in [5.74, 6) is -0.915. The molecule has 1 saturated heterocycles. The molecule has 0 spiro atoms. The zero-order valence-corrected chi connectivity index (χ0v) is 17.8. The number of para-hydroxylation sites is 2. The number of aryl methyl sites for hydroxylation is 2. The van der Waals surface area contributed by atoms with E-state index in [1.807, 2.05) is 81.4 Å². The topological polar surface area (TPSA) is 54.3 Å². The summed E-state index contributed by atoms with van der Waals surface area (Å²) < 4.78 is 2.10. The molecular weight excluding hydrogens is 394 g/mol. The number of thiocarbonyl (C=S) groups is 1. The molecule has 4 rings (SSSR count). The molecule has 0 atom stereocenters. The first-order valence-corrected chi connectivity index (χ1v) is 10.0. The minimum atomic E-state index is -0.487. The molecule has 150 valence electrons. The van der Waals surface area contributed by atoms with Crippen molar-refractivity contribution in [3.63, 3.8) is 0 Å². The molecule has 2 aromatic carbocycles. The Morgan fingerprint density at radius 2 is 1.60 bits per heavy atom. The summed E-state index contributed by atoms with van der Waals surface area (Å²) in [5.41, 5.74) is 5.41. The lowest BCUT2D eigenvalue weighted by Gasteiger charge is -2.30. The summed E-state index contributed by atoms with van der Waals surface area (Å²) >= 11 is 5.30. The first kappa shape index (κ1) is 19.8. The van der Waals surface area contributed by atoms with Gasteiger partial charge in [-0.3, -0.25) is 19.8 Å². The lowest BCUT2D eigenvalue weighted by molar-refractivity contribution is -0.122. The molecule has 2 heterocycles. The first-order valence-electron chi connectivity index (χ1n) is 9.60. The number of nitrogens with zero attached hydrogens (tertiary/aromatic N) is 2. The van der Waals surface area contributed by atoms with Crippen molar-refractivity contribution in [1.29, 1.82) is 0 Å². The van der Waals surface area contributed by atoms with E-state index >= 15 is 0 Å². The maximum Gasteiger partial charge on any atom is 0.270 e. The number of nitrogens with one attached hydrogen (secondary N) is 1. The van der Waals surface area contributed by atoms with E-state index in [1.54, 1.807) is 6.08 Å². The van der Waals surface area contributed by atoms with E-state index in [2.05, 4.69) is 9.88 Å². The molecule has 0 unspecified atom stereocenters. The van der Waals surface area contributed by atoms with Crippen molar-refractivity contribution in [1.82, 2.24) is 9.88 Å². The van der Waals surface area contributed by atoms with Gasteiger partial charge < -0.3 is 4.57 Å². The van der Waals surface area contributed by atoms with Gasteiger partial charge in [-0.15, -0.1) is 0 Å². The Bertz CT molecular complexity index is 1210. The summed E-state index contributed by atoms with van der Waals surface area (Å²) in [6, 6.07) is 19.4. The molecule has 0 aliphatic carbocycles. The van der Waals surface area contributed by atoms with Crippen LogP contribution in [0.4, 0.5) is 5.69 Å². The number of hydrogen-bond acceptors (Lipinski definition) is 3. The predicted molar refractivity (Wildman–Crippen MR) is 123 cm³/mol. The molecule has 5 nitrogen and oxygen atoms in total. The molecule has 0 radical (unpaired) electrons. The van der Waals surface area contributed by atoms with Gasteiger partial charge in [-0.25, -0.2) is 0 Å². The Morgan fingerprint density at radius 1 is 0.933 bits per heavy atom. The van der Waals surface area contributed by atoms with Gasteiger partial charge in [-0.1, -0.05) is 36.4 Å². The smallest absolute Gasteiger partial charge is 0.270 e. The average Bonchev–Trinajstić information content (AvgIpc) is 3.00. The van der Waals surface area contributed by atoms with Crippen LogP contribution >= 0.6 is 12.2 Å². The number of hydrogen-bond donors (Lipinski definition) is 1. The third kappa shape index (κ3) is 3.35. The van der Waals surface area contributed by atoms with Crippen LogP contribution in [0.15, 0.2) is 66.2 Å². The highest BCUT2D eigenvalue weighted by Gasteiger charge is 2.35. The van der Waals surface area contributed by atoms with E-state index in [9.17, 15) is 9.59 Å². The average molecular weight is 416 g/mol. The van der Waals surface area contributed by atoms with Crippen molar-refractivity contribution in [2.45, 2.75) is 20.8 Å². The molecule has 1 aliphatic rings. The number of aromatic nitrogens is 1. The predicted octanol–water partition coefficient (Wildman–Crippen LogP) is 4.23. The Labute approximate surface area is 180 Å². The maximum absolute atomic E-state index is 13.3. The molecule has 1 fully saturated rings. The lowest BCUT2D eigenvalue weighted by atomic mass is 10.1. The van der Waals surface area contributed by atoms with Crippen molar-refractivity contribution in [2.24, 2.45) is 0 Å². The molecular formula is C24H21N3O2S. The summed E-state index contributed by atoms with van der Waals surface area (Å²) in [5, 5.41) is 2.74. The SMILES string of the molecule is Cc1ccccc1N1C(=O)/C(=C/c2cc(C)n(-c3ccccc3)c2C)C(=O)NC1=S. The molecule has 0 saturated carbocycles. The quantitative estimate of drug-likeness (QED) is 0.396. The fourth-order valence-corrected chi connectivity index (χ4v) is 4.03. The summed E-state index contributed by atoms with van der Waals surface area (Å²) in [6.45, 7) is 5.87. The number of carbonyl (C=O) groups is 2. The molecule has 1 aromatic heterocycles. The van der Waals surface area contributed by atoms with Crippen molar-refractivity contribution in [2.75, 3.05) is 4.90 Å². The Balaban J connectivity index is 1.78. The van der Waals surface area contributed by atoms with Gasteiger partial charge in [-0.05, 0) is 74.5 Å². The normalized spacial score (nSPS) is 15.6. The van der Waals surface area contributed by atoms with Gasteiger partial charge in [0.2, 0.25) is 0 Å². The second-order valence-electron chi connectivity index (χ2n) is 7.24. The number of amides is 2. The number of rotatable bonds is 3. The standard InChI is InChI=1S/C24H21N3O2S/c1-15-9-7-8-12-21(15)27-23(29)20(22(28)25-24(27)30)14-18-13-16(2)26(17(18)3)19-10-5-4-6-11-19/h4-14H,1-3H3,(H,25,28,30)/b20-14+. The lowest BCUT2D eigenvalue weighted by Crippen LogP contribution is -2.54. The van der Waals surface area contributed by atoms with Crippen molar-refractivity contribution in [3.8, 4) is 5.69 Å². The van der Waals surface area contributed by atoms with Gasteiger partial charge in [0.05, 0.1) is 5.69 Å². The fourth-order valence-electron chi connectivity index (χ4n) is 3.75. The minimum Gasteiger partial charge on any atom is -0.318 e. The van der Waals surface area contributed by atoms with Crippen molar-refractivity contribution < 1.29 is 9.59 Å². The second-order valence-corrected chi connectivity index (χ2v) is 7.63. The van der Waals surface area contributed by atoms with E-state index < -0.39 is 11.8 Å². The number of benzene rings is 2. The van der Waals surface area contributed by atoms with Gasteiger partial charge in [0.1, 0.15) is 5.57 Å². The molecule has 6 heteroatoms. The van der Waals surface area contributed by atoms with Crippen LogP contribution in [0.1, 0.15) is 22.5 Å². The van der Waals surface area contributed by atoms with Crippen LogP contribution in [0.3, 0.4) is 0 Å². The van der Waals surface area contributed by atoms with Crippen LogP contribution in [0.5, 0.6) is 0 Å². The fraction of sp³-hybridized carbons (Fsp3) is 0.125. The molecule has 0 bridgehead atoms. The number of anilines is 1. The summed E-state index contributed by atoms with van der Waals surface area (Å²) in [7, 11) is 0. The minimum absolute atomic E-state index is 0.0557. The first-order chi connectivity index (χ1) is 14.4. The molecule has 3 aromatic rings. The van der Waals surface area contributed by atoms with Crippen LogP contribution in [0.25, 0.3) is 11.8 Å². The zero-order chi connectivity index (χ0) is 21.4. The third-order valence-corrected chi connectivity index (χ3v) is 5.53. The third-order valence-electron chi connectivity index (χ3n) is 5.24. The Kier molecular flexibility index (Phi) is 5.10. The highest BCUT2D eigenvalue weighted by atomic mass is 32.1. The largest absolute Gasteiger partial charge is 0.318 e. The van der Waals surface area contributed by atoms with Crippen LogP contribution in [0.2, 0.25) is 0 Å². The van der Waals surface area contributed by atoms with Gasteiger partial charge >= 0.3 is 0 Å². The van der Waals surface area contributed by atoms with Gasteiger partial charge in [-0.2, -0.15) is 0 Å². The van der Waals surface area contributed by atoms with Gasteiger partial charge in [0.25, 0.3) is 11.8 Å². The van der Waals surface area contributed by atoms with Crippen LogP contribution in [0, 0.1) is 20.8 Å². The highest BCUT2D eigenvalue weighted by molar-refractivity contribution is 7.80. The molecule has 30 heavy (non-hydrogen) atoms. The Morgan fingerprint density at radius 3 is 2.30 bits per heavy atom. The van der Waals surface area contributed by atoms with E-state index in [4.69, 9.17) is 12.2 Å². The van der Waals surface area contributed by atoms with E-state index in [0.29, 0.717) is 5.69 Å². The maximum atomic E-state index is 13.3. The molecule has 1 aliphatic heterocycles. The van der Waals surface area contributed by atoms with E-state index in [-0.39, 0.29) is 10.7 Å². The number of carbonyl (C=O) groups excluding carboxylic acids is 2. The Hall–Kier alpha value is -3.51. The second kappa shape index (κ2) is 7.72. The summed E-state index contributed by atoms with van der Waals surface area (Å²) in [6.07, 6.45) is 1.65. The van der Waals surface area contributed by atoms with Gasteiger partial charge in [0.15, 0.2) is 5.11 Å². The van der Waals surface area contributed by atoms with Crippen LogP contribution in [-0.4, -0.2) is 21.5 Å². The highest BCUT2D eigenvalue weighted by Crippen LogP contribution is 2.27. The van der Waals surface area contributed by atoms with Gasteiger partial charge in [0, 0.05) is 17.1 Å². The van der Waals surface area contributed by atoms with Crippen molar-refractivity contribution in [3.05, 3.63) is 88.8 Å². The molecule has 1 N–H and O–H groups in total. The summed E-state index contributed by atoms with van der Waals surface area (Å²) in [4.78, 5) is 27.3. The van der Waals surface area contributed by atoms with Crippen molar-refractivity contribution >= 4 is 40.9 Å².